The molecule has 1 aliphatic carbocycles. The molecule has 2 fully saturated rings. The Balaban J connectivity index is 0.00000121. The van der Waals surface area contributed by atoms with Crippen molar-refractivity contribution in [1.29, 1.82) is 0 Å². The lowest BCUT2D eigenvalue weighted by Crippen LogP contribution is -2.49. The van der Waals surface area contributed by atoms with Crippen molar-refractivity contribution in [2.24, 2.45) is 17.6 Å². The number of benzene rings is 1. The van der Waals surface area contributed by atoms with Gasteiger partial charge < -0.3 is 10.6 Å². The highest BCUT2D eigenvalue weighted by atomic mass is 35.5. The highest BCUT2D eigenvalue weighted by molar-refractivity contribution is 7.13. The van der Waals surface area contributed by atoms with Gasteiger partial charge in [0.2, 0.25) is 0 Å². The Bertz CT molecular complexity index is 672. The molecule has 4 nitrogen and oxygen atoms in total. The van der Waals surface area contributed by atoms with Crippen molar-refractivity contribution in [3.05, 3.63) is 24.3 Å². The molecule has 1 aromatic heterocycles. The van der Waals surface area contributed by atoms with Crippen LogP contribution in [0.25, 0.3) is 10.1 Å². The normalized spacial score (nSPS) is 24.1. The molecule has 1 aliphatic heterocycles. The standard InChI is InChI=1S/C19H28N4S.2ClH/c20-13-15-5-1-2-6-16(15)14-22-9-11-23(12-10-22)19-17-7-3-4-8-18(17)24-21-19;;/h3-4,7-8,15-16H,1-2,5-6,9-14,20H2;2*1H/t15-,16-;;/m0../s1. The van der Waals surface area contributed by atoms with Gasteiger partial charge in [0.1, 0.15) is 5.82 Å². The van der Waals surface area contributed by atoms with Gasteiger partial charge in [0.05, 0.1) is 4.70 Å². The van der Waals surface area contributed by atoms with Gasteiger partial charge in [-0.25, -0.2) is 0 Å². The highest BCUT2D eigenvalue weighted by Crippen LogP contribution is 2.32. The lowest BCUT2D eigenvalue weighted by Gasteiger charge is -2.39. The Morgan fingerprint density at radius 3 is 2.42 bits per heavy atom. The van der Waals surface area contributed by atoms with Gasteiger partial charge in [-0.3, -0.25) is 4.90 Å². The fourth-order valence-corrected chi connectivity index (χ4v) is 5.21. The van der Waals surface area contributed by atoms with Gasteiger partial charge in [0.25, 0.3) is 0 Å². The maximum atomic E-state index is 6.00. The number of rotatable bonds is 4. The number of nitrogens with two attached hydrogens (primary N) is 1. The molecular weight excluding hydrogens is 387 g/mol. The quantitative estimate of drug-likeness (QED) is 0.816. The lowest BCUT2D eigenvalue weighted by atomic mass is 9.79. The van der Waals surface area contributed by atoms with Crippen LogP contribution in [0.1, 0.15) is 25.7 Å². The van der Waals surface area contributed by atoms with Crippen LogP contribution in [0.5, 0.6) is 0 Å². The third-order valence-electron chi connectivity index (χ3n) is 5.89. The van der Waals surface area contributed by atoms with Gasteiger partial charge in [-0.15, -0.1) is 24.8 Å². The van der Waals surface area contributed by atoms with E-state index in [4.69, 9.17) is 10.1 Å². The molecule has 2 heterocycles. The molecule has 2 aromatic rings. The van der Waals surface area contributed by atoms with Crippen molar-refractivity contribution in [2.45, 2.75) is 25.7 Å². The largest absolute Gasteiger partial charge is 0.353 e. The zero-order valence-corrected chi connectivity index (χ0v) is 17.6. The van der Waals surface area contributed by atoms with Gasteiger partial charge in [-0.05, 0) is 54.9 Å². The molecule has 0 amide bonds. The first-order valence-corrected chi connectivity index (χ1v) is 10.1. The molecule has 26 heavy (non-hydrogen) atoms. The van der Waals surface area contributed by atoms with Crippen LogP contribution >= 0.6 is 36.3 Å². The van der Waals surface area contributed by atoms with E-state index in [2.05, 4.69) is 34.1 Å². The van der Waals surface area contributed by atoms with Gasteiger partial charge in [0, 0.05) is 38.1 Å². The Morgan fingerprint density at radius 1 is 1.00 bits per heavy atom. The van der Waals surface area contributed by atoms with Crippen LogP contribution in [0.15, 0.2) is 24.3 Å². The summed E-state index contributed by atoms with van der Waals surface area (Å²) in [6.07, 6.45) is 5.49. The van der Waals surface area contributed by atoms with Gasteiger partial charge in [-0.1, -0.05) is 25.0 Å². The molecule has 2 N–H and O–H groups in total. The van der Waals surface area contributed by atoms with E-state index in [1.54, 1.807) is 11.5 Å². The number of anilines is 1. The van der Waals surface area contributed by atoms with Gasteiger partial charge >= 0.3 is 0 Å². The first-order chi connectivity index (χ1) is 11.8. The molecule has 0 unspecified atom stereocenters. The third kappa shape index (κ3) is 4.63. The average Bonchev–Trinajstić information content (AvgIpc) is 3.07. The lowest BCUT2D eigenvalue weighted by molar-refractivity contribution is 0.149. The van der Waals surface area contributed by atoms with Crippen LogP contribution < -0.4 is 10.6 Å². The smallest absolute Gasteiger partial charge is 0.150 e. The minimum absolute atomic E-state index is 0. The summed E-state index contributed by atoms with van der Waals surface area (Å²) in [5, 5.41) is 1.31. The summed E-state index contributed by atoms with van der Waals surface area (Å²) >= 11 is 1.62. The minimum Gasteiger partial charge on any atom is -0.353 e. The monoisotopic (exact) mass is 416 g/mol. The van der Waals surface area contributed by atoms with E-state index in [0.717, 1.165) is 44.6 Å². The summed E-state index contributed by atoms with van der Waals surface area (Å²) in [7, 11) is 0. The molecule has 1 saturated carbocycles. The molecule has 1 saturated heterocycles. The molecule has 2 aliphatic rings. The van der Waals surface area contributed by atoms with Crippen LogP contribution in [0.2, 0.25) is 0 Å². The van der Waals surface area contributed by atoms with Crippen LogP contribution in [0.3, 0.4) is 0 Å². The van der Waals surface area contributed by atoms with E-state index in [9.17, 15) is 0 Å². The average molecular weight is 417 g/mol. The Hall–Kier alpha value is -0.590. The fraction of sp³-hybridized carbons (Fsp3) is 0.632. The van der Waals surface area contributed by atoms with Crippen molar-refractivity contribution >= 4 is 52.3 Å². The van der Waals surface area contributed by atoms with E-state index in [1.807, 2.05) is 0 Å². The van der Waals surface area contributed by atoms with E-state index < -0.39 is 0 Å². The molecule has 4 rings (SSSR count). The summed E-state index contributed by atoms with van der Waals surface area (Å²) in [5.41, 5.74) is 6.00. The highest BCUT2D eigenvalue weighted by Gasteiger charge is 2.28. The number of aromatic nitrogens is 1. The summed E-state index contributed by atoms with van der Waals surface area (Å²) in [6, 6.07) is 8.59. The number of fused-ring (bicyclic) bond motifs is 1. The summed E-state index contributed by atoms with van der Waals surface area (Å²) in [4.78, 5) is 5.13. The molecule has 0 radical (unpaired) electrons. The predicted octanol–water partition coefficient (Wildman–Crippen LogP) is 4.03. The van der Waals surface area contributed by atoms with Crippen LogP contribution in [0, 0.1) is 11.8 Å². The zero-order valence-electron chi connectivity index (χ0n) is 15.2. The molecule has 0 spiro atoms. The first kappa shape index (κ1) is 21.7. The van der Waals surface area contributed by atoms with Crippen molar-refractivity contribution in [2.75, 3.05) is 44.2 Å². The fourth-order valence-electron chi connectivity index (χ4n) is 4.41. The Labute approximate surface area is 173 Å². The van der Waals surface area contributed by atoms with Gasteiger partial charge in [0.15, 0.2) is 0 Å². The number of piperazine rings is 1. The number of hydrogen-bond acceptors (Lipinski definition) is 5. The van der Waals surface area contributed by atoms with Crippen molar-refractivity contribution in [3.8, 4) is 0 Å². The number of nitrogens with zero attached hydrogens (tertiary/aromatic N) is 3. The molecule has 0 bridgehead atoms. The number of halogens is 2. The molecule has 7 heteroatoms. The maximum Gasteiger partial charge on any atom is 0.150 e. The van der Waals surface area contributed by atoms with Crippen molar-refractivity contribution in [1.82, 2.24) is 9.27 Å². The van der Waals surface area contributed by atoms with Crippen LogP contribution in [-0.2, 0) is 0 Å². The second kappa shape index (κ2) is 10.1. The minimum atomic E-state index is 0. The van der Waals surface area contributed by atoms with Gasteiger partial charge in [-0.2, -0.15) is 4.37 Å². The third-order valence-corrected chi connectivity index (χ3v) is 6.71. The van der Waals surface area contributed by atoms with Crippen LogP contribution in [-0.4, -0.2) is 48.5 Å². The van der Waals surface area contributed by atoms with E-state index >= 15 is 0 Å². The summed E-state index contributed by atoms with van der Waals surface area (Å²) in [6.45, 7) is 6.60. The molecule has 1 aromatic carbocycles. The van der Waals surface area contributed by atoms with E-state index in [0.29, 0.717) is 0 Å². The van der Waals surface area contributed by atoms with Crippen molar-refractivity contribution in [3.63, 3.8) is 0 Å². The predicted molar refractivity (Wildman–Crippen MR) is 117 cm³/mol. The zero-order chi connectivity index (χ0) is 16.4. The summed E-state index contributed by atoms with van der Waals surface area (Å²) < 4.78 is 6.01. The Kier molecular flexibility index (Phi) is 8.42. The molecule has 146 valence electrons. The number of hydrogen-bond donors (Lipinski definition) is 1. The Morgan fingerprint density at radius 2 is 1.69 bits per heavy atom. The van der Waals surface area contributed by atoms with E-state index in [1.165, 1.54) is 48.1 Å². The summed E-state index contributed by atoms with van der Waals surface area (Å²) in [5.74, 6) is 2.75. The SMILES string of the molecule is Cl.Cl.NC[C@@H]1CCCC[C@H]1CN1CCN(c2nsc3ccccc23)CC1. The first-order valence-electron chi connectivity index (χ1n) is 9.37. The van der Waals surface area contributed by atoms with E-state index in [-0.39, 0.29) is 24.8 Å². The second-order valence-electron chi connectivity index (χ2n) is 7.33. The topological polar surface area (TPSA) is 45.4 Å². The molecule has 2 atom stereocenters. The second-order valence-corrected chi connectivity index (χ2v) is 8.14. The molecular formula is C19H30Cl2N4S. The maximum absolute atomic E-state index is 6.00. The van der Waals surface area contributed by atoms with Crippen LogP contribution in [0.4, 0.5) is 5.82 Å². The van der Waals surface area contributed by atoms with Crippen molar-refractivity contribution < 1.29 is 0 Å².